The summed E-state index contributed by atoms with van der Waals surface area (Å²) in [5.41, 5.74) is 0.878. The van der Waals surface area contributed by atoms with Crippen molar-refractivity contribution < 1.29 is 4.79 Å². The zero-order chi connectivity index (χ0) is 21.8. The van der Waals surface area contributed by atoms with Crippen molar-refractivity contribution in [2.75, 3.05) is 12.3 Å². The largest absolute Gasteiger partial charge is 0.352 e. The Kier molecular flexibility index (Phi) is 6.77. The minimum atomic E-state index is -0.193. The first kappa shape index (κ1) is 21.8. The van der Waals surface area contributed by atoms with Crippen molar-refractivity contribution in [3.8, 4) is 6.07 Å². The average molecular weight is 427 g/mol. The molecule has 0 atom stereocenters. The Morgan fingerprint density at radius 3 is 2.67 bits per heavy atom. The van der Waals surface area contributed by atoms with Crippen molar-refractivity contribution >= 4 is 34.3 Å². The molecule has 2 aromatic heterocycles. The summed E-state index contributed by atoms with van der Waals surface area (Å²) in [5.74, 6) is 1.20. The zero-order valence-corrected chi connectivity index (χ0v) is 18.5. The third-order valence-electron chi connectivity index (χ3n) is 4.70. The average Bonchev–Trinajstić information content (AvgIpc) is 3.13. The fraction of sp³-hybridized carbons (Fsp3) is 0.476. The third kappa shape index (κ3) is 4.49. The second-order valence-corrected chi connectivity index (χ2v) is 8.98. The van der Waals surface area contributed by atoms with Crippen LogP contribution in [0.4, 0.5) is 0 Å². The molecular weight excluding hydrogens is 400 g/mol. The number of nitriles is 1. The number of rotatable bonds is 8. The van der Waals surface area contributed by atoms with Gasteiger partial charge in [-0.1, -0.05) is 39.5 Å². The number of aromatic nitrogens is 4. The molecule has 2 heterocycles. The van der Waals surface area contributed by atoms with Crippen LogP contribution in [0, 0.1) is 23.2 Å². The van der Waals surface area contributed by atoms with Crippen LogP contribution in [0.25, 0.3) is 16.7 Å². The highest BCUT2D eigenvalue weighted by Gasteiger charge is 2.18. The Morgan fingerprint density at radius 2 is 2.00 bits per heavy atom. The number of carbonyl (C=O) groups is 1. The summed E-state index contributed by atoms with van der Waals surface area (Å²) in [5, 5.41) is 21.3. The Balaban J connectivity index is 2.20. The van der Waals surface area contributed by atoms with Crippen LogP contribution in [0.1, 0.15) is 44.5 Å². The van der Waals surface area contributed by atoms with E-state index in [-0.39, 0.29) is 17.2 Å². The van der Waals surface area contributed by atoms with Crippen molar-refractivity contribution in [3.63, 3.8) is 0 Å². The van der Waals surface area contributed by atoms with Crippen LogP contribution in [0.15, 0.2) is 28.2 Å². The molecule has 0 spiro atoms. The molecular formula is C21H26N6O2S. The lowest BCUT2D eigenvalue weighted by Crippen LogP contribution is -2.28. The van der Waals surface area contributed by atoms with Crippen molar-refractivity contribution in [2.24, 2.45) is 11.8 Å². The van der Waals surface area contributed by atoms with Crippen LogP contribution in [0.5, 0.6) is 0 Å². The first-order valence-corrected chi connectivity index (χ1v) is 11.0. The van der Waals surface area contributed by atoms with Crippen LogP contribution >= 0.6 is 11.8 Å². The van der Waals surface area contributed by atoms with Crippen molar-refractivity contribution in [1.29, 1.82) is 5.26 Å². The van der Waals surface area contributed by atoms with E-state index in [4.69, 9.17) is 5.26 Å². The van der Waals surface area contributed by atoms with E-state index in [0.29, 0.717) is 52.3 Å². The highest BCUT2D eigenvalue weighted by atomic mass is 32.2. The van der Waals surface area contributed by atoms with Gasteiger partial charge in [0.05, 0.1) is 22.7 Å². The van der Waals surface area contributed by atoms with Crippen LogP contribution in [0.2, 0.25) is 0 Å². The van der Waals surface area contributed by atoms with E-state index in [2.05, 4.69) is 35.4 Å². The predicted octanol–water partition coefficient (Wildman–Crippen LogP) is 3.09. The second kappa shape index (κ2) is 9.30. The Labute approximate surface area is 179 Å². The quantitative estimate of drug-likeness (QED) is 0.555. The summed E-state index contributed by atoms with van der Waals surface area (Å²) >= 11 is 1.25. The summed E-state index contributed by atoms with van der Waals surface area (Å²) in [4.78, 5) is 25.8. The molecule has 1 aromatic carbocycles. The SMILES string of the molecule is CC(C)CCn1c(=O)c2ccc(C(=O)NCC(C)C)cc2n2c(SCC#N)nnc12. The molecule has 0 aliphatic carbocycles. The molecule has 0 aliphatic rings. The summed E-state index contributed by atoms with van der Waals surface area (Å²) < 4.78 is 3.41. The Bertz CT molecular complexity index is 1170. The van der Waals surface area contributed by atoms with E-state index in [1.807, 2.05) is 13.8 Å². The minimum absolute atomic E-state index is 0.156. The van der Waals surface area contributed by atoms with E-state index in [0.717, 1.165) is 6.42 Å². The molecule has 0 bridgehead atoms. The molecule has 0 aliphatic heterocycles. The third-order valence-corrected chi connectivity index (χ3v) is 5.50. The number of amides is 1. The van der Waals surface area contributed by atoms with Gasteiger partial charge in [0.1, 0.15) is 0 Å². The number of nitrogens with one attached hydrogen (secondary N) is 1. The number of benzene rings is 1. The minimum Gasteiger partial charge on any atom is -0.352 e. The molecule has 1 N–H and O–H groups in total. The summed E-state index contributed by atoms with van der Waals surface area (Å²) in [7, 11) is 0. The molecule has 0 unspecified atom stereocenters. The molecule has 3 aromatic rings. The molecule has 1 amide bonds. The topological polar surface area (TPSA) is 105 Å². The van der Waals surface area contributed by atoms with Gasteiger partial charge in [0.2, 0.25) is 5.78 Å². The van der Waals surface area contributed by atoms with Crippen molar-refractivity contribution in [3.05, 3.63) is 34.1 Å². The van der Waals surface area contributed by atoms with Gasteiger partial charge in [-0.25, -0.2) is 0 Å². The summed E-state index contributed by atoms with van der Waals surface area (Å²) in [6, 6.07) is 7.15. The number of carbonyl (C=O) groups excluding carboxylic acids is 1. The molecule has 0 saturated heterocycles. The number of thioether (sulfide) groups is 1. The second-order valence-electron chi connectivity index (χ2n) is 8.04. The number of aryl methyl sites for hydroxylation is 1. The van der Waals surface area contributed by atoms with Gasteiger partial charge in [-0.05, 0) is 36.5 Å². The van der Waals surface area contributed by atoms with Crippen LogP contribution in [-0.2, 0) is 6.54 Å². The Hall–Kier alpha value is -2.86. The van der Waals surface area contributed by atoms with Gasteiger partial charge in [0, 0.05) is 18.7 Å². The maximum atomic E-state index is 13.2. The number of hydrogen-bond acceptors (Lipinski definition) is 6. The standard InChI is InChI=1S/C21H26N6O2S/c1-13(2)7-9-26-19(29)16-6-5-15(18(28)23-12-14(3)4)11-17(16)27-20(26)24-25-21(27)30-10-8-22/h5-6,11,13-14H,7,9-10,12H2,1-4H3,(H,23,28). The monoisotopic (exact) mass is 426 g/mol. The van der Waals surface area contributed by atoms with Crippen LogP contribution < -0.4 is 10.9 Å². The van der Waals surface area contributed by atoms with E-state index in [1.54, 1.807) is 27.2 Å². The molecule has 3 rings (SSSR count). The van der Waals surface area contributed by atoms with Crippen LogP contribution in [0.3, 0.4) is 0 Å². The van der Waals surface area contributed by atoms with E-state index >= 15 is 0 Å². The maximum Gasteiger partial charge on any atom is 0.262 e. The first-order valence-electron chi connectivity index (χ1n) is 10.0. The highest BCUT2D eigenvalue weighted by molar-refractivity contribution is 7.99. The van der Waals surface area contributed by atoms with Crippen molar-refractivity contribution in [2.45, 2.75) is 45.8 Å². The molecule has 0 saturated carbocycles. The number of hydrogen-bond donors (Lipinski definition) is 1. The molecule has 9 heteroatoms. The van der Waals surface area contributed by atoms with Crippen molar-refractivity contribution in [1.82, 2.24) is 24.5 Å². The highest BCUT2D eigenvalue weighted by Crippen LogP contribution is 2.23. The first-order chi connectivity index (χ1) is 14.3. The lowest BCUT2D eigenvalue weighted by molar-refractivity contribution is 0.0949. The maximum absolute atomic E-state index is 13.2. The number of fused-ring (bicyclic) bond motifs is 3. The number of nitrogens with zero attached hydrogens (tertiary/aromatic N) is 5. The van der Waals surface area contributed by atoms with E-state index in [1.165, 1.54) is 11.8 Å². The summed E-state index contributed by atoms with van der Waals surface area (Å²) in [6.07, 6.45) is 0.824. The van der Waals surface area contributed by atoms with Gasteiger partial charge < -0.3 is 5.32 Å². The van der Waals surface area contributed by atoms with Gasteiger partial charge in [-0.3, -0.25) is 18.6 Å². The van der Waals surface area contributed by atoms with Gasteiger partial charge in [0.15, 0.2) is 5.16 Å². The van der Waals surface area contributed by atoms with Gasteiger partial charge in [-0.2, -0.15) is 5.26 Å². The van der Waals surface area contributed by atoms with E-state index in [9.17, 15) is 9.59 Å². The summed E-state index contributed by atoms with van der Waals surface area (Å²) in [6.45, 7) is 9.35. The predicted molar refractivity (Wildman–Crippen MR) is 118 cm³/mol. The smallest absolute Gasteiger partial charge is 0.262 e. The zero-order valence-electron chi connectivity index (χ0n) is 17.7. The van der Waals surface area contributed by atoms with Gasteiger partial charge in [-0.15, -0.1) is 10.2 Å². The Morgan fingerprint density at radius 1 is 1.23 bits per heavy atom. The lowest BCUT2D eigenvalue weighted by Gasteiger charge is -2.13. The molecule has 30 heavy (non-hydrogen) atoms. The van der Waals surface area contributed by atoms with E-state index < -0.39 is 0 Å². The lowest BCUT2D eigenvalue weighted by atomic mass is 10.1. The fourth-order valence-corrected chi connectivity index (χ4v) is 3.70. The molecule has 0 radical (unpaired) electrons. The normalized spacial score (nSPS) is 11.5. The molecule has 0 fully saturated rings. The van der Waals surface area contributed by atoms with Crippen LogP contribution in [-0.4, -0.2) is 37.4 Å². The molecule has 158 valence electrons. The van der Waals surface area contributed by atoms with Gasteiger partial charge >= 0.3 is 0 Å². The molecule has 8 nitrogen and oxygen atoms in total. The fourth-order valence-electron chi connectivity index (χ4n) is 3.10. The van der Waals surface area contributed by atoms with Gasteiger partial charge in [0.25, 0.3) is 11.5 Å².